The number of ketones is 1. The molecular weight excluding hydrogens is 148 g/mol. The molecule has 0 amide bonds. The molecule has 0 aromatic rings. The molecule has 0 bridgehead atoms. The molecule has 0 N–H and O–H groups in total. The zero-order valence-electron chi connectivity index (χ0n) is 7.89. The standard InChI is InChI=1S/C11H16O/c1-3-4-5-6-7-8-9-10-11(2)12/h4-5H,3,6,9-10H2,1-2H3/b5-4-. The Kier molecular flexibility index (Phi) is 7.38. The highest BCUT2D eigenvalue weighted by Gasteiger charge is 1.86. The van der Waals surface area contributed by atoms with E-state index in [1.807, 2.05) is 0 Å². The quantitative estimate of drug-likeness (QED) is 0.461. The number of carbonyl (C=O) groups excluding carboxylic acids is 1. The fraction of sp³-hybridized carbons (Fsp3) is 0.545. The third-order valence-electron chi connectivity index (χ3n) is 1.35. The van der Waals surface area contributed by atoms with Crippen molar-refractivity contribution in [3.8, 4) is 11.8 Å². The number of carbonyl (C=O) groups is 1. The number of hydrogen-bond acceptors (Lipinski definition) is 1. The molecule has 12 heavy (non-hydrogen) atoms. The Bertz CT molecular complexity index is 203. The molecule has 0 radical (unpaired) electrons. The van der Waals surface area contributed by atoms with Crippen LogP contribution in [0.25, 0.3) is 0 Å². The predicted molar refractivity (Wildman–Crippen MR) is 51.7 cm³/mol. The van der Waals surface area contributed by atoms with Gasteiger partial charge in [0.1, 0.15) is 5.78 Å². The molecule has 0 spiro atoms. The van der Waals surface area contributed by atoms with Crippen LogP contribution in [0.4, 0.5) is 0 Å². The Morgan fingerprint density at radius 1 is 1.33 bits per heavy atom. The van der Waals surface area contributed by atoms with Crippen molar-refractivity contribution < 1.29 is 4.79 Å². The van der Waals surface area contributed by atoms with Crippen molar-refractivity contribution in [2.24, 2.45) is 0 Å². The van der Waals surface area contributed by atoms with Crippen LogP contribution >= 0.6 is 0 Å². The molecule has 0 unspecified atom stereocenters. The maximum Gasteiger partial charge on any atom is 0.130 e. The maximum atomic E-state index is 10.5. The summed E-state index contributed by atoms with van der Waals surface area (Å²) in [6.45, 7) is 3.69. The molecule has 0 rings (SSSR count). The van der Waals surface area contributed by atoms with E-state index in [0.29, 0.717) is 12.8 Å². The van der Waals surface area contributed by atoms with Crippen LogP contribution in [-0.4, -0.2) is 5.78 Å². The Hall–Kier alpha value is -1.03. The van der Waals surface area contributed by atoms with Crippen LogP contribution in [0.15, 0.2) is 12.2 Å². The Morgan fingerprint density at radius 2 is 2.08 bits per heavy atom. The first kappa shape index (κ1) is 11.0. The lowest BCUT2D eigenvalue weighted by molar-refractivity contribution is -0.116. The van der Waals surface area contributed by atoms with Crippen LogP contribution in [0.3, 0.4) is 0 Å². The van der Waals surface area contributed by atoms with Gasteiger partial charge in [0.25, 0.3) is 0 Å². The zero-order chi connectivity index (χ0) is 9.23. The summed E-state index contributed by atoms with van der Waals surface area (Å²) in [6, 6.07) is 0. The summed E-state index contributed by atoms with van der Waals surface area (Å²) < 4.78 is 0. The average molecular weight is 164 g/mol. The summed E-state index contributed by atoms with van der Waals surface area (Å²) in [5.41, 5.74) is 0. The highest BCUT2D eigenvalue weighted by molar-refractivity contribution is 5.75. The van der Waals surface area contributed by atoms with Gasteiger partial charge < -0.3 is 0 Å². The van der Waals surface area contributed by atoms with E-state index in [4.69, 9.17) is 0 Å². The van der Waals surface area contributed by atoms with Crippen LogP contribution in [0.5, 0.6) is 0 Å². The predicted octanol–water partition coefficient (Wildman–Crippen LogP) is 2.72. The van der Waals surface area contributed by atoms with Gasteiger partial charge in [-0.3, -0.25) is 4.79 Å². The second-order valence-electron chi connectivity index (χ2n) is 2.64. The van der Waals surface area contributed by atoms with Gasteiger partial charge in [-0.25, -0.2) is 0 Å². The van der Waals surface area contributed by atoms with Crippen LogP contribution in [-0.2, 0) is 4.79 Å². The van der Waals surface area contributed by atoms with Crippen molar-refractivity contribution in [3.05, 3.63) is 12.2 Å². The summed E-state index contributed by atoms with van der Waals surface area (Å²) in [5.74, 6) is 6.16. The molecule has 0 aliphatic rings. The summed E-state index contributed by atoms with van der Waals surface area (Å²) in [6.07, 6.45) is 7.32. The van der Waals surface area contributed by atoms with E-state index in [1.54, 1.807) is 6.92 Å². The molecule has 66 valence electrons. The van der Waals surface area contributed by atoms with E-state index in [2.05, 4.69) is 30.9 Å². The van der Waals surface area contributed by atoms with Gasteiger partial charge in [-0.1, -0.05) is 25.0 Å². The molecule has 1 heteroatoms. The molecule has 0 atom stereocenters. The summed E-state index contributed by atoms with van der Waals surface area (Å²) in [4.78, 5) is 10.5. The SMILES string of the molecule is CC/C=C\CC#CCCC(C)=O. The Labute approximate surface area is 74.9 Å². The van der Waals surface area contributed by atoms with E-state index in [1.165, 1.54) is 0 Å². The third kappa shape index (κ3) is 8.97. The van der Waals surface area contributed by atoms with E-state index in [9.17, 15) is 4.79 Å². The van der Waals surface area contributed by atoms with Crippen molar-refractivity contribution in [2.45, 2.75) is 39.5 Å². The van der Waals surface area contributed by atoms with Crippen molar-refractivity contribution in [2.75, 3.05) is 0 Å². The molecule has 1 nitrogen and oxygen atoms in total. The molecule has 0 aromatic carbocycles. The average Bonchev–Trinajstić information content (AvgIpc) is 2.02. The summed E-state index contributed by atoms with van der Waals surface area (Å²) in [7, 11) is 0. The second-order valence-corrected chi connectivity index (χ2v) is 2.64. The van der Waals surface area contributed by atoms with Gasteiger partial charge in [0.2, 0.25) is 0 Å². The van der Waals surface area contributed by atoms with Gasteiger partial charge in [-0.15, -0.1) is 5.92 Å². The fourth-order valence-electron chi connectivity index (χ4n) is 0.708. The van der Waals surface area contributed by atoms with Gasteiger partial charge in [0.15, 0.2) is 0 Å². The minimum absolute atomic E-state index is 0.216. The fourth-order valence-corrected chi connectivity index (χ4v) is 0.708. The van der Waals surface area contributed by atoms with Crippen molar-refractivity contribution in [1.29, 1.82) is 0 Å². The topological polar surface area (TPSA) is 17.1 Å². The summed E-state index contributed by atoms with van der Waals surface area (Å²) >= 11 is 0. The number of rotatable bonds is 4. The van der Waals surface area contributed by atoms with E-state index in [-0.39, 0.29) is 5.78 Å². The van der Waals surface area contributed by atoms with Gasteiger partial charge in [-0.05, 0) is 13.3 Å². The summed E-state index contributed by atoms with van der Waals surface area (Å²) in [5, 5.41) is 0. The minimum Gasteiger partial charge on any atom is -0.300 e. The second kappa shape index (κ2) is 8.07. The van der Waals surface area contributed by atoms with Gasteiger partial charge >= 0.3 is 0 Å². The molecule has 0 saturated heterocycles. The highest BCUT2D eigenvalue weighted by Crippen LogP contribution is 1.88. The number of allylic oxidation sites excluding steroid dienone is 2. The first-order valence-corrected chi connectivity index (χ1v) is 4.37. The Morgan fingerprint density at radius 3 is 2.67 bits per heavy atom. The third-order valence-corrected chi connectivity index (χ3v) is 1.35. The molecule has 0 fully saturated rings. The lowest BCUT2D eigenvalue weighted by atomic mass is 10.2. The smallest absolute Gasteiger partial charge is 0.130 e. The molecular formula is C11H16O. The molecule has 0 heterocycles. The number of Topliss-reactive ketones (excluding diaryl/α,β-unsaturated/α-hetero) is 1. The zero-order valence-corrected chi connectivity index (χ0v) is 7.89. The van der Waals surface area contributed by atoms with E-state index < -0.39 is 0 Å². The van der Waals surface area contributed by atoms with Crippen LogP contribution < -0.4 is 0 Å². The molecule has 0 saturated carbocycles. The van der Waals surface area contributed by atoms with Crippen LogP contribution in [0.2, 0.25) is 0 Å². The van der Waals surface area contributed by atoms with E-state index >= 15 is 0 Å². The first-order chi connectivity index (χ1) is 5.77. The van der Waals surface area contributed by atoms with Crippen molar-refractivity contribution in [1.82, 2.24) is 0 Å². The van der Waals surface area contributed by atoms with Gasteiger partial charge in [0, 0.05) is 19.3 Å². The van der Waals surface area contributed by atoms with Crippen LogP contribution in [0, 0.1) is 11.8 Å². The minimum atomic E-state index is 0.216. The molecule has 0 aliphatic heterocycles. The first-order valence-electron chi connectivity index (χ1n) is 4.37. The van der Waals surface area contributed by atoms with Crippen LogP contribution in [0.1, 0.15) is 39.5 Å². The lowest BCUT2D eigenvalue weighted by Gasteiger charge is -1.83. The lowest BCUT2D eigenvalue weighted by Crippen LogP contribution is -1.86. The van der Waals surface area contributed by atoms with Gasteiger partial charge in [0.05, 0.1) is 0 Å². The normalized spacial score (nSPS) is 9.50. The Balaban J connectivity index is 3.35. The van der Waals surface area contributed by atoms with Gasteiger partial charge in [-0.2, -0.15) is 0 Å². The van der Waals surface area contributed by atoms with E-state index in [0.717, 1.165) is 12.8 Å². The largest absolute Gasteiger partial charge is 0.300 e. The monoisotopic (exact) mass is 164 g/mol. The number of hydrogen-bond donors (Lipinski definition) is 0. The van der Waals surface area contributed by atoms with Crippen molar-refractivity contribution >= 4 is 5.78 Å². The maximum absolute atomic E-state index is 10.5. The highest BCUT2D eigenvalue weighted by atomic mass is 16.1. The molecule has 0 aliphatic carbocycles. The molecule has 0 aromatic heterocycles. The van der Waals surface area contributed by atoms with Crippen molar-refractivity contribution in [3.63, 3.8) is 0 Å².